The SMILES string of the molecule is COc1cccc(OC)c1C(=O)Nc1ccc(N2CCCCC2)c(C(=O)N2CCCC2)c1. The van der Waals surface area contributed by atoms with Crippen molar-refractivity contribution in [2.75, 3.05) is 50.6 Å². The summed E-state index contributed by atoms with van der Waals surface area (Å²) in [6.07, 6.45) is 5.55. The molecule has 0 unspecified atom stereocenters. The van der Waals surface area contributed by atoms with Crippen LogP contribution in [0.15, 0.2) is 36.4 Å². The van der Waals surface area contributed by atoms with Gasteiger partial charge in [0.15, 0.2) is 0 Å². The van der Waals surface area contributed by atoms with Gasteiger partial charge in [-0.1, -0.05) is 6.07 Å². The number of piperidine rings is 1. The Morgan fingerprint density at radius 2 is 1.47 bits per heavy atom. The Balaban J connectivity index is 1.66. The molecule has 2 saturated heterocycles. The van der Waals surface area contributed by atoms with Crippen LogP contribution >= 0.6 is 0 Å². The third-order valence-corrected chi connectivity index (χ3v) is 6.23. The minimum absolute atomic E-state index is 0.0362. The maximum atomic E-state index is 13.4. The number of nitrogens with zero attached hydrogens (tertiary/aromatic N) is 2. The molecule has 7 nitrogen and oxygen atoms in total. The number of methoxy groups -OCH3 is 2. The van der Waals surface area contributed by atoms with Crippen LogP contribution in [0.5, 0.6) is 11.5 Å². The van der Waals surface area contributed by atoms with Crippen molar-refractivity contribution in [1.29, 1.82) is 0 Å². The number of carbonyl (C=O) groups is 2. The van der Waals surface area contributed by atoms with Crippen LogP contribution in [0.1, 0.15) is 52.8 Å². The number of likely N-dealkylation sites (tertiary alicyclic amines) is 1. The summed E-state index contributed by atoms with van der Waals surface area (Å²) >= 11 is 0. The molecule has 2 aliphatic heterocycles. The van der Waals surface area contributed by atoms with E-state index in [-0.39, 0.29) is 11.8 Å². The van der Waals surface area contributed by atoms with Gasteiger partial charge in [0.1, 0.15) is 17.1 Å². The van der Waals surface area contributed by atoms with Gasteiger partial charge in [-0.3, -0.25) is 9.59 Å². The van der Waals surface area contributed by atoms with Crippen LogP contribution in [-0.2, 0) is 0 Å². The number of rotatable bonds is 6. The monoisotopic (exact) mass is 437 g/mol. The lowest BCUT2D eigenvalue weighted by atomic mass is 10.0. The Labute approximate surface area is 189 Å². The molecule has 0 aliphatic carbocycles. The molecule has 2 aliphatic rings. The molecular weight excluding hydrogens is 406 g/mol. The third-order valence-electron chi connectivity index (χ3n) is 6.23. The second kappa shape index (κ2) is 9.94. The lowest BCUT2D eigenvalue weighted by Crippen LogP contribution is -2.34. The summed E-state index contributed by atoms with van der Waals surface area (Å²) < 4.78 is 10.7. The molecule has 32 heavy (non-hydrogen) atoms. The first-order valence-electron chi connectivity index (χ1n) is 11.3. The summed E-state index contributed by atoms with van der Waals surface area (Å²) in [5, 5.41) is 2.94. The van der Waals surface area contributed by atoms with E-state index >= 15 is 0 Å². The summed E-state index contributed by atoms with van der Waals surface area (Å²) in [4.78, 5) is 30.7. The molecule has 2 aromatic carbocycles. The average Bonchev–Trinajstić information content (AvgIpc) is 3.38. The highest BCUT2D eigenvalue weighted by Crippen LogP contribution is 2.32. The molecule has 0 bridgehead atoms. The first kappa shape index (κ1) is 22.0. The Morgan fingerprint density at radius 1 is 0.844 bits per heavy atom. The molecule has 0 saturated carbocycles. The van der Waals surface area contributed by atoms with Crippen molar-refractivity contribution in [1.82, 2.24) is 4.90 Å². The highest BCUT2D eigenvalue weighted by molar-refractivity contribution is 6.09. The van der Waals surface area contributed by atoms with Crippen molar-refractivity contribution >= 4 is 23.2 Å². The quantitative estimate of drug-likeness (QED) is 0.734. The van der Waals surface area contributed by atoms with Gasteiger partial charge in [-0.15, -0.1) is 0 Å². The fourth-order valence-electron chi connectivity index (χ4n) is 4.55. The minimum Gasteiger partial charge on any atom is -0.496 e. The minimum atomic E-state index is -0.343. The van der Waals surface area contributed by atoms with Gasteiger partial charge < -0.3 is 24.6 Å². The molecule has 7 heteroatoms. The number of hydrogen-bond donors (Lipinski definition) is 1. The Bertz CT molecular complexity index is 957. The Morgan fingerprint density at radius 3 is 2.09 bits per heavy atom. The van der Waals surface area contributed by atoms with Gasteiger partial charge in [0.25, 0.3) is 11.8 Å². The van der Waals surface area contributed by atoms with Crippen molar-refractivity contribution in [3.63, 3.8) is 0 Å². The van der Waals surface area contributed by atoms with Gasteiger partial charge in [0.05, 0.1) is 19.8 Å². The third kappa shape index (κ3) is 4.52. The van der Waals surface area contributed by atoms with Crippen LogP contribution in [-0.4, -0.2) is 57.1 Å². The standard InChI is InChI=1S/C25H31N3O4/c1-31-21-9-8-10-22(32-2)23(21)24(29)26-18-11-12-20(27-13-4-3-5-14-27)19(17-18)25(30)28-15-6-7-16-28/h8-12,17H,3-7,13-16H2,1-2H3,(H,26,29). The van der Waals surface area contributed by atoms with E-state index in [1.807, 2.05) is 23.1 Å². The molecule has 0 aromatic heterocycles. The highest BCUT2D eigenvalue weighted by atomic mass is 16.5. The van der Waals surface area contributed by atoms with Gasteiger partial charge in [-0.2, -0.15) is 0 Å². The zero-order valence-electron chi connectivity index (χ0n) is 18.9. The number of carbonyl (C=O) groups excluding carboxylic acids is 2. The van der Waals surface area contributed by atoms with Crippen molar-refractivity contribution in [2.45, 2.75) is 32.1 Å². The number of ether oxygens (including phenoxy) is 2. The summed E-state index contributed by atoms with van der Waals surface area (Å²) in [6, 6.07) is 10.9. The highest BCUT2D eigenvalue weighted by Gasteiger charge is 2.26. The lowest BCUT2D eigenvalue weighted by Gasteiger charge is -2.31. The average molecular weight is 438 g/mol. The molecule has 2 fully saturated rings. The zero-order valence-corrected chi connectivity index (χ0v) is 18.9. The van der Waals surface area contributed by atoms with E-state index in [2.05, 4.69) is 10.2 Å². The number of benzene rings is 2. The van der Waals surface area contributed by atoms with Gasteiger partial charge in [0, 0.05) is 37.6 Å². The van der Waals surface area contributed by atoms with Crippen LogP contribution in [0, 0.1) is 0 Å². The molecule has 0 spiro atoms. The molecule has 2 amide bonds. The Kier molecular flexibility index (Phi) is 6.83. The molecule has 2 heterocycles. The largest absolute Gasteiger partial charge is 0.496 e. The summed E-state index contributed by atoms with van der Waals surface area (Å²) in [6.45, 7) is 3.47. The van der Waals surface area contributed by atoms with Gasteiger partial charge >= 0.3 is 0 Å². The van der Waals surface area contributed by atoms with E-state index in [0.29, 0.717) is 28.3 Å². The van der Waals surface area contributed by atoms with Crippen molar-refractivity contribution < 1.29 is 19.1 Å². The molecule has 4 rings (SSSR count). The van der Waals surface area contributed by atoms with E-state index in [0.717, 1.165) is 57.5 Å². The fourth-order valence-corrected chi connectivity index (χ4v) is 4.55. The van der Waals surface area contributed by atoms with Crippen LogP contribution < -0.4 is 19.7 Å². The van der Waals surface area contributed by atoms with E-state index in [1.165, 1.54) is 20.6 Å². The second-order valence-corrected chi connectivity index (χ2v) is 8.27. The smallest absolute Gasteiger partial charge is 0.263 e. The maximum absolute atomic E-state index is 13.4. The molecule has 0 atom stereocenters. The topological polar surface area (TPSA) is 71.1 Å². The van der Waals surface area contributed by atoms with E-state index in [1.54, 1.807) is 18.2 Å². The first-order valence-corrected chi connectivity index (χ1v) is 11.3. The summed E-state index contributed by atoms with van der Waals surface area (Å²) in [5.41, 5.74) is 2.50. The zero-order chi connectivity index (χ0) is 22.5. The van der Waals surface area contributed by atoms with Gasteiger partial charge in [0.2, 0.25) is 0 Å². The number of nitrogens with one attached hydrogen (secondary N) is 1. The van der Waals surface area contributed by atoms with Crippen LogP contribution in [0.2, 0.25) is 0 Å². The molecular formula is C25H31N3O4. The van der Waals surface area contributed by atoms with E-state index in [4.69, 9.17) is 9.47 Å². The fraction of sp³-hybridized carbons (Fsp3) is 0.440. The van der Waals surface area contributed by atoms with Gasteiger partial charge in [-0.05, 0) is 62.4 Å². The van der Waals surface area contributed by atoms with E-state index < -0.39 is 0 Å². The second-order valence-electron chi connectivity index (χ2n) is 8.27. The summed E-state index contributed by atoms with van der Waals surface area (Å²) in [5.74, 6) is 0.555. The van der Waals surface area contributed by atoms with Gasteiger partial charge in [-0.25, -0.2) is 0 Å². The predicted molar refractivity (Wildman–Crippen MR) is 125 cm³/mol. The van der Waals surface area contributed by atoms with Crippen LogP contribution in [0.4, 0.5) is 11.4 Å². The normalized spacial score (nSPS) is 16.1. The number of hydrogen-bond acceptors (Lipinski definition) is 5. The summed E-state index contributed by atoms with van der Waals surface area (Å²) in [7, 11) is 3.04. The molecule has 1 N–H and O–H groups in total. The predicted octanol–water partition coefficient (Wildman–Crippen LogP) is 4.18. The molecule has 2 aromatic rings. The van der Waals surface area contributed by atoms with Crippen molar-refractivity contribution in [3.8, 4) is 11.5 Å². The number of amides is 2. The van der Waals surface area contributed by atoms with E-state index in [9.17, 15) is 9.59 Å². The maximum Gasteiger partial charge on any atom is 0.263 e. The number of anilines is 2. The Hall–Kier alpha value is -3.22. The lowest BCUT2D eigenvalue weighted by molar-refractivity contribution is 0.0793. The molecule has 170 valence electrons. The van der Waals surface area contributed by atoms with Crippen LogP contribution in [0.3, 0.4) is 0 Å². The first-order chi connectivity index (χ1) is 15.6. The van der Waals surface area contributed by atoms with Crippen LogP contribution in [0.25, 0.3) is 0 Å². The molecule has 0 radical (unpaired) electrons. The van der Waals surface area contributed by atoms with Crippen molar-refractivity contribution in [3.05, 3.63) is 47.5 Å². The van der Waals surface area contributed by atoms with Crippen molar-refractivity contribution in [2.24, 2.45) is 0 Å².